The van der Waals surface area contributed by atoms with Crippen molar-refractivity contribution in [1.82, 2.24) is 10.3 Å². The van der Waals surface area contributed by atoms with Crippen molar-refractivity contribution in [2.45, 2.75) is 19.5 Å². The maximum Gasteiger partial charge on any atom is 0.128 e. The van der Waals surface area contributed by atoms with Crippen LogP contribution in [0.2, 0.25) is 0 Å². The molecule has 0 radical (unpaired) electrons. The Bertz CT molecular complexity index is 485. The van der Waals surface area contributed by atoms with Crippen LogP contribution in [-0.2, 0) is 6.54 Å². The summed E-state index contributed by atoms with van der Waals surface area (Å²) < 4.78 is 26.5. The van der Waals surface area contributed by atoms with E-state index in [2.05, 4.69) is 10.3 Å². The van der Waals surface area contributed by atoms with E-state index in [9.17, 15) is 8.78 Å². The first-order chi connectivity index (χ1) is 8.16. The van der Waals surface area contributed by atoms with Crippen LogP contribution in [0.25, 0.3) is 0 Å². The van der Waals surface area contributed by atoms with Crippen LogP contribution >= 0.6 is 11.3 Å². The fraction of sp³-hybridized carbons (Fsp3) is 0.250. The summed E-state index contributed by atoms with van der Waals surface area (Å²) in [5.41, 5.74) is 0.335. The van der Waals surface area contributed by atoms with E-state index in [-0.39, 0.29) is 6.04 Å². The number of aromatic nitrogens is 1. The molecule has 0 aliphatic heterocycles. The molecule has 0 saturated heterocycles. The van der Waals surface area contributed by atoms with E-state index in [0.717, 1.165) is 17.1 Å². The zero-order valence-electron chi connectivity index (χ0n) is 9.28. The van der Waals surface area contributed by atoms with E-state index < -0.39 is 11.6 Å². The Hall–Kier alpha value is -1.33. The molecule has 5 heteroatoms. The number of thiazole rings is 1. The predicted octanol–water partition coefficient (Wildman–Crippen LogP) is 3.27. The average Bonchev–Trinajstić information content (AvgIpc) is 2.82. The topological polar surface area (TPSA) is 24.9 Å². The average molecular weight is 254 g/mol. The zero-order chi connectivity index (χ0) is 12.3. The van der Waals surface area contributed by atoms with Gasteiger partial charge in [0, 0.05) is 29.7 Å². The molecule has 2 rings (SSSR count). The summed E-state index contributed by atoms with van der Waals surface area (Å²) in [6, 6.07) is 3.22. The van der Waals surface area contributed by atoms with Crippen molar-refractivity contribution >= 4 is 11.3 Å². The van der Waals surface area contributed by atoms with Crippen molar-refractivity contribution in [1.29, 1.82) is 0 Å². The third-order valence-corrected chi connectivity index (χ3v) is 3.25. The quantitative estimate of drug-likeness (QED) is 0.905. The van der Waals surface area contributed by atoms with E-state index in [1.54, 1.807) is 13.1 Å². The minimum Gasteiger partial charge on any atom is -0.304 e. The fourth-order valence-corrected chi connectivity index (χ4v) is 2.10. The Morgan fingerprint density at radius 2 is 2.24 bits per heavy atom. The zero-order valence-corrected chi connectivity index (χ0v) is 10.1. The van der Waals surface area contributed by atoms with Crippen LogP contribution in [0, 0.1) is 11.6 Å². The van der Waals surface area contributed by atoms with E-state index in [1.165, 1.54) is 17.4 Å². The molecule has 1 atom stereocenters. The molecule has 0 aliphatic carbocycles. The highest BCUT2D eigenvalue weighted by Crippen LogP contribution is 2.18. The lowest BCUT2D eigenvalue weighted by Crippen LogP contribution is -2.19. The Morgan fingerprint density at radius 3 is 2.94 bits per heavy atom. The molecule has 0 spiro atoms. The molecule has 1 N–H and O–H groups in total. The van der Waals surface area contributed by atoms with Gasteiger partial charge in [0.2, 0.25) is 0 Å². The number of nitrogens with zero attached hydrogens (tertiary/aromatic N) is 1. The van der Waals surface area contributed by atoms with Gasteiger partial charge in [-0.2, -0.15) is 0 Å². The molecule has 1 aromatic heterocycles. The normalized spacial score (nSPS) is 12.6. The summed E-state index contributed by atoms with van der Waals surface area (Å²) in [7, 11) is 0. The first-order valence-corrected chi connectivity index (χ1v) is 6.11. The summed E-state index contributed by atoms with van der Waals surface area (Å²) in [5, 5.41) is 5.91. The van der Waals surface area contributed by atoms with Crippen LogP contribution in [-0.4, -0.2) is 4.98 Å². The van der Waals surface area contributed by atoms with Gasteiger partial charge in [0.15, 0.2) is 0 Å². The maximum absolute atomic E-state index is 13.5. The molecule has 90 valence electrons. The second-order valence-electron chi connectivity index (χ2n) is 3.69. The van der Waals surface area contributed by atoms with Gasteiger partial charge in [0.05, 0.1) is 0 Å². The van der Waals surface area contributed by atoms with Crippen LogP contribution < -0.4 is 5.32 Å². The second kappa shape index (κ2) is 5.33. The molecule has 1 unspecified atom stereocenters. The minimum atomic E-state index is -0.427. The van der Waals surface area contributed by atoms with Crippen molar-refractivity contribution in [3.63, 3.8) is 0 Å². The molecule has 0 amide bonds. The molecule has 0 aliphatic rings. The molecule has 0 saturated carbocycles. The fourth-order valence-electron chi connectivity index (χ4n) is 1.54. The van der Waals surface area contributed by atoms with Gasteiger partial charge in [-0.3, -0.25) is 0 Å². The van der Waals surface area contributed by atoms with Crippen LogP contribution in [0.3, 0.4) is 0 Å². The van der Waals surface area contributed by atoms with Crippen molar-refractivity contribution < 1.29 is 8.78 Å². The maximum atomic E-state index is 13.5. The number of hydrogen-bond donors (Lipinski definition) is 1. The molecular weight excluding hydrogens is 242 g/mol. The number of benzene rings is 1. The number of halogens is 2. The number of rotatable bonds is 4. The molecule has 2 aromatic rings. The summed E-state index contributed by atoms with van der Waals surface area (Å²) in [6.45, 7) is 2.35. The lowest BCUT2D eigenvalue weighted by Gasteiger charge is -2.14. The van der Waals surface area contributed by atoms with Crippen molar-refractivity contribution in [3.8, 4) is 0 Å². The Kier molecular flexibility index (Phi) is 3.81. The first-order valence-electron chi connectivity index (χ1n) is 5.23. The summed E-state index contributed by atoms with van der Waals surface area (Å²) in [4.78, 5) is 4.11. The van der Waals surface area contributed by atoms with Gasteiger partial charge in [-0.05, 0) is 25.1 Å². The molecule has 17 heavy (non-hydrogen) atoms. The molecule has 2 nitrogen and oxygen atoms in total. The third kappa shape index (κ3) is 3.08. The SMILES string of the molecule is CC(NCc1nccs1)c1cc(F)ccc1F. The van der Waals surface area contributed by atoms with Crippen molar-refractivity contribution in [2.75, 3.05) is 0 Å². The summed E-state index contributed by atoms with van der Waals surface area (Å²) >= 11 is 1.53. The standard InChI is InChI=1S/C12H12F2N2S/c1-8(16-7-12-15-4-5-17-12)10-6-9(13)2-3-11(10)14/h2-6,8,16H,7H2,1H3. The van der Waals surface area contributed by atoms with Gasteiger partial charge in [-0.1, -0.05) is 0 Å². The Labute approximate surface area is 102 Å². The largest absolute Gasteiger partial charge is 0.304 e. The van der Waals surface area contributed by atoms with Crippen LogP contribution in [0.4, 0.5) is 8.78 Å². The number of nitrogens with one attached hydrogen (secondary N) is 1. The summed E-state index contributed by atoms with van der Waals surface area (Å²) in [6.07, 6.45) is 1.72. The lowest BCUT2D eigenvalue weighted by atomic mass is 10.1. The Morgan fingerprint density at radius 1 is 1.41 bits per heavy atom. The van der Waals surface area contributed by atoms with E-state index in [4.69, 9.17) is 0 Å². The highest BCUT2D eigenvalue weighted by molar-refractivity contribution is 7.09. The molecule has 1 heterocycles. The Balaban J connectivity index is 2.04. The van der Waals surface area contributed by atoms with Gasteiger partial charge in [-0.25, -0.2) is 13.8 Å². The third-order valence-electron chi connectivity index (χ3n) is 2.47. The van der Waals surface area contributed by atoms with Gasteiger partial charge in [-0.15, -0.1) is 11.3 Å². The molecule has 0 fully saturated rings. The van der Waals surface area contributed by atoms with Crippen molar-refractivity contribution in [2.24, 2.45) is 0 Å². The van der Waals surface area contributed by atoms with Crippen LogP contribution in [0.15, 0.2) is 29.8 Å². The molecule has 0 bridgehead atoms. The first kappa shape index (κ1) is 12.1. The van der Waals surface area contributed by atoms with E-state index in [1.807, 2.05) is 5.38 Å². The van der Waals surface area contributed by atoms with Crippen LogP contribution in [0.1, 0.15) is 23.5 Å². The van der Waals surface area contributed by atoms with E-state index >= 15 is 0 Å². The van der Waals surface area contributed by atoms with Gasteiger partial charge < -0.3 is 5.32 Å². The summed E-state index contributed by atoms with van der Waals surface area (Å²) in [5.74, 6) is -0.824. The van der Waals surface area contributed by atoms with Crippen LogP contribution in [0.5, 0.6) is 0 Å². The monoisotopic (exact) mass is 254 g/mol. The van der Waals surface area contributed by atoms with E-state index in [0.29, 0.717) is 12.1 Å². The van der Waals surface area contributed by atoms with Crippen molar-refractivity contribution in [3.05, 3.63) is 52.0 Å². The molecular formula is C12H12F2N2S. The lowest BCUT2D eigenvalue weighted by molar-refractivity contribution is 0.518. The smallest absolute Gasteiger partial charge is 0.128 e. The highest BCUT2D eigenvalue weighted by atomic mass is 32.1. The van der Waals surface area contributed by atoms with Gasteiger partial charge in [0.25, 0.3) is 0 Å². The number of hydrogen-bond acceptors (Lipinski definition) is 3. The molecule has 1 aromatic carbocycles. The van der Waals surface area contributed by atoms with Gasteiger partial charge >= 0.3 is 0 Å². The predicted molar refractivity (Wildman–Crippen MR) is 63.7 cm³/mol. The van der Waals surface area contributed by atoms with Gasteiger partial charge in [0.1, 0.15) is 16.6 Å². The highest BCUT2D eigenvalue weighted by Gasteiger charge is 2.11. The second-order valence-corrected chi connectivity index (χ2v) is 4.67. The minimum absolute atomic E-state index is 0.255.